The van der Waals surface area contributed by atoms with Crippen molar-refractivity contribution in [2.45, 2.75) is 26.4 Å². The molecule has 0 radical (unpaired) electrons. The fourth-order valence-corrected chi connectivity index (χ4v) is 2.47. The van der Waals surface area contributed by atoms with Gasteiger partial charge in [0.1, 0.15) is 17.4 Å². The van der Waals surface area contributed by atoms with Gasteiger partial charge in [-0.25, -0.2) is 14.1 Å². The number of Topliss-reactive ketones (excluding diaryl/α,β-unsaturated/α-hetero) is 1. The number of aliphatic hydroxyl groups is 1. The third kappa shape index (κ3) is 4.52. The minimum Gasteiger partial charge on any atom is -0.390 e. The van der Waals surface area contributed by atoms with Crippen LogP contribution in [0.5, 0.6) is 0 Å². The second kappa shape index (κ2) is 7.88. The van der Waals surface area contributed by atoms with E-state index < -0.39 is 0 Å². The number of hydrogen-bond donors (Lipinski definition) is 2. The number of carbonyl (C=O) groups is 1. The summed E-state index contributed by atoms with van der Waals surface area (Å²) in [5.74, 6) is 0.926. The molecular formula is C19H19FN4O2. The molecule has 0 unspecified atom stereocenters. The molecular weight excluding hydrogens is 335 g/mol. The monoisotopic (exact) mass is 354 g/mol. The molecule has 6 nitrogen and oxygen atoms in total. The molecule has 0 saturated heterocycles. The molecule has 0 bridgehead atoms. The van der Waals surface area contributed by atoms with Crippen LogP contribution in [0.1, 0.15) is 24.6 Å². The molecule has 134 valence electrons. The Balaban J connectivity index is 1.93. The third-order valence-electron chi connectivity index (χ3n) is 3.80. The van der Waals surface area contributed by atoms with Crippen LogP contribution in [0.15, 0.2) is 48.7 Å². The summed E-state index contributed by atoms with van der Waals surface area (Å²) in [5, 5.41) is 16.6. The van der Waals surface area contributed by atoms with Crippen LogP contribution < -0.4 is 5.32 Å². The van der Waals surface area contributed by atoms with Gasteiger partial charge >= 0.3 is 0 Å². The van der Waals surface area contributed by atoms with E-state index in [1.165, 1.54) is 12.1 Å². The quantitative estimate of drug-likeness (QED) is 0.681. The molecule has 0 saturated carbocycles. The predicted molar refractivity (Wildman–Crippen MR) is 96.0 cm³/mol. The van der Waals surface area contributed by atoms with E-state index in [9.17, 15) is 14.3 Å². The smallest absolute Gasteiger partial charge is 0.155 e. The van der Waals surface area contributed by atoms with Gasteiger partial charge in [0.25, 0.3) is 0 Å². The van der Waals surface area contributed by atoms with Crippen molar-refractivity contribution in [1.82, 2.24) is 14.8 Å². The number of pyridine rings is 1. The molecule has 3 rings (SSSR count). The zero-order valence-corrected chi connectivity index (χ0v) is 14.3. The van der Waals surface area contributed by atoms with Crippen molar-refractivity contribution in [2.75, 3.05) is 5.32 Å². The molecule has 0 fully saturated rings. The summed E-state index contributed by atoms with van der Waals surface area (Å²) in [6.07, 6.45) is 2.72. The van der Waals surface area contributed by atoms with Gasteiger partial charge in [0.15, 0.2) is 5.82 Å². The van der Waals surface area contributed by atoms with Crippen LogP contribution in [-0.2, 0) is 17.8 Å². The summed E-state index contributed by atoms with van der Waals surface area (Å²) in [4.78, 5) is 15.8. The molecule has 2 aromatic heterocycles. The molecule has 26 heavy (non-hydrogen) atoms. The molecule has 0 aliphatic carbocycles. The number of anilines is 2. The van der Waals surface area contributed by atoms with E-state index in [1.807, 2.05) is 12.1 Å². The lowest BCUT2D eigenvalue weighted by Crippen LogP contribution is -2.05. The van der Waals surface area contributed by atoms with Gasteiger partial charge in [-0.3, -0.25) is 0 Å². The minimum atomic E-state index is -0.313. The summed E-state index contributed by atoms with van der Waals surface area (Å²) in [5.41, 5.74) is 2.16. The first kappa shape index (κ1) is 17.8. The van der Waals surface area contributed by atoms with Gasteiger partial charge in [-0.15, -0.1) is 0 Å². The molecule has 7 heteroatoms. The number of ketones is 1. The number of aliphatic hydroxyl groups excluding tert-OH is 1. The summed E-state index contributed by atoms with van der Waals surface area (Å²) < 4.78 is 14.6. The van der Waals surface area contributed by atoms with Crippen LogP contribution in [0, 0.1) is 5.82 Å². The maximum atomic E-state index is 13.1. The van der Waals surface area contributed by atoms with Gasteiger partial charge in [-0.05, 0) is 61.4 Å². The van der Waals surface area contributed by atoms with Crippen molar-refractivity contribution in [2.24, 2.45) is 0 Å². The van der Waals surface area contributed by atoms with Crippen molar-refractivity contribution in [3.8, 4) is 5.82 Å². The maximum absolute atomic E-state index is 13.1. The topological polar surface area (TPSA) is 80.0 Å². The average molecular weight is 354 g/mol. The SMILES string of the molecule is CC(=O)CCc1cc(Nc2ccc(F)cc2)nc(-n2ccc(CO)n2)c1. The Morgan fingerprint density at radius 3 is 2.65 bits per heavy atom. The van der Waals surface area contributed by atoms with Crippen molar-refractivity contribution < 1.29 is 14.3 Å². The van der Waals surface area contributed by atoms with E-state index in [1.54, 1.807) is 36.0 Å². The Morgan fingerprint density at radius 1 is 1.23 bits per heavy atom. The van der Waals surface area contributed by atoms with Crippen LogP contribution in [0.2, 0.25) is 0 Å². The summed E-state index contributed by atoms with van der Waals surface area (Å²) in [7, 11) is 0. The number of nitrogens with zero attached hydrogens (tertiary/aromatic N) is 3. The lowest BCUT2D eigenvalue weighted by Gasteiger charge is -2.11. The molecule has 2 heterocycles. The van der Waals surface area contributed by atoms with Crippen molar-refractivity contribution in [1.29, 1.82) is 0 Å². The zero-order valence-electron chi connectivity index (χ0n) is 14.3. The van der Waals surface area contributed by atoms with Gasteiger partial charge in [0.2, 0.25) is 0 Å². The predicted octanol–water partition coefficient (Wildman–Crippen LogP) is 3.16. The standard InChI is InChI=1S/C19H19FN4O2/c1-13(26)2-3-14-10-18(21-16-6-4-15(20)5-7-16)22-19(11-14)24-9-8-17(12-25)23-24/h4-11,25H,2-3,12H2,1H3,(H,21,22). The highest BCUT2D eigenvalue weighted by Gasteiger charge is 2.08. The molecule has 0 atom stereocenters. The first-order chi connectivity index (χ1) is 12.5. The largest absolute Gasteiger partial charge is 0.390 e. The van der Waals surface area contributed by atoms with Crippen LogP contribution in [0.4, 0.5) is 15.9 Å². The number of hydrogen-bond acceptors (Lipinski definition) is 5. The Hall–Kier alpha value is -3.06. The summed E-state index contributed by atoms with van der Waals surface area (Å²) >= 11 is 0. The maximum Gasteiger partial charge on any atom is 0.155 e. The number of nitrogens with one attached hydrogen (secondary N) is 1. The molecule has 1 aromatic carbocycles. The van der Waals surface area contributed by atoms with Crippen LogP contribution >= 0.6 is 0 Å². The van der Waals surface area contributed by atoms with Crippen molar-refractivity contribution >= 4 is 17.3 Å². The number of rotatable bonds is 7. The number of aryl methyl sites for hydroxylation is 1. The number of aromatic nitrogens is 3. The molecule has 0 spiro atoms. The van der Waals surface area contributed by atoms with E-state index in [0.29, 0.717) is 35.9 Å². The molecule has 0 aliphatic heterocycles. The number of halogens is 1. The van der Waals surface area contributed by atoms with E-state index in [-0.39, 0.29) is 18.2 Å². The van der Waals surface area contributed by atoms with Crippen molar-refractivity contribution in [3.63, 3.8) is 0 Å². The lowest BCUT2D eigenvalue weighted by atomic mass is 10.1. The minimum absolute atomic E-state index is 0.109. The fraction of sp³-hybridized carbons (Fsp3) is 0.211. The van der Waals surface area contributed by atoms with E-state index >= 15 is 0 Å². The molecule has 2 N–H and O–H groups in total. The lowest BCUT2D eigenvalue weighted by molar-refractivity contribution is -0.116. The van der Waals surface area contributed by atoms with Crippen LogP contribution in [0.3, 0.4) is 0 Å². The van der Waals surface area contributed by atoms with Gasteiger partial charge in [-0.1, -0.05) is 0 Å². The highest BCUT2D eigenvalue weighted by Crippen LogP contribution is 2.20. The third-order valence-corrected chi connectivity index (χ3v) is 3.80. The summed E-state index contributed by atoms with van der Waals surface area (Å²) in [6, 6.07) is 11.4. The Bertz CT molecular complexity index is 906. The Labute approximate surface area is 150 Å². The first-order valence-corrected chi connectivity index (χ1v) is 8.22. The molecule has 0 aliphatic rings. The van der Waals surface area contributed by atoms with E-state index in [4.69, 9.17) is 0 Å². The normalized spacial score (nSPS) is 10.7. The fourth-order valence-electron chi connectivity index (χ4n) is 2.47. The van der Waals surface area contributed by atoms with Gasteiger partial charge in [-0.2, -0.15) is 5.10 Å². The molecule has 0 amide bonds. The average Bonchev–Trinajstić information content (AvgIpc) is 3.11. The Morgan fingerprint density at radius 2 is 2.00 bits per heavy atom. The molecule has 3 aromatic rings. The van der Waals surface area contributed by atoms with E-state index in [2.05, 4.69) is 15.4 Å². The Kier molecular flexibility index (Phi) is 5.38. The number of benzene rings is 1. The highest BCUT2D eigenvalue weighted by atomic mass is 19.1. The van der Waals surface area contributed by atoms with Gasteiger partial charge in [0.05, 0.1) is 12.3 Å². The highest BCUT2D eigenvalue weighted by molar-refractivity contribution is 5.75. The second-order valence-electron chi connectivity index (χ2n) is 5.96. The van der Waals surface area contributed by atoms with Gasteiger partial charge < -0.3 is 15.2 Å². The van der Waals surface area contributed by atoms with Crippen LogP contribution in [0.25, 0.3) is 5.82 Å². The van der Waals surface area contributed by atoms with E-state index in [0.717, 1.165) is 5.56 Å². The first-order valence-electron chi connectivity index (χ1n) is 8.22. The van der Waals surface area contributed by atoms with Gasteiger partial charge in [0, 0.05) is 18.3 Å². The zero-order chi connectivity index (χ0) is 18.5. The van der Waals surface area contributed by atoms with Crippen LogP contribution in [-0.4, -0.2) is 25.7 Å². The second-order valence-corrected chi connectivity index (χ2v) is 5.96. The summed E-state index contributed by atoms with van der Waals surface area (Å²) in [6.45, 7) is 1.40. The number of carbonyl (C=O) groups excluding carboxylic acids is 1. The van der Waals surface area contributed by atoms with Crippen molar-refractivity contribution in [3.05, 3.63) is 65.7 Å².